The number of nitrogens with one attached hydrogen (secondary N) is 1. The van der Waals surface area contributed by atoms with Crippen molar-refractivity contribution < 1.29 is 13.2 Å². The Labute approximate surface area is 142 Å². The molecule has 0 fully saturated rings. The second-order valence-electron chi connectivity index (χ2n) is 4.70. The van der Waals surface area contributed by atoms with E-state index in [-0.39, 0.29) is 16.7 Å². The Morgan fingerprint density at radius 2 is 2.09 bits per heavy atom. The first kappa shape index (κ1) is 17.1. The van der Waals surface area contributed by atoms with Crippen molar-refractivity contribution in [2.45, 2.75) is 11.1 Å². The summed E-state index contributed by atoms with van der Waals surface area (Å²) in [6, 6.07) is 8.64. The monoisotopic (exact) mass is 402 g/mol. The molecule has 0 bridgehead atoms. The zero-order valence-electron chi connectivity index (χ0n) is 12.0. The number of hydrogen-bond acceptors (Lipinski definition) is 4. The van der Waals surface area contributed by atoms with Crippen molar-refractivity contribution in [2.24, 2.45) is 0 Å². The highest BCUT2D eigenvalue weighted by Crippen LogP contribution is 2.21. The summed E-state index contributed by atoms with van der Waals surface area (Å²) in [4.78, 5) is 12.1. The molecule has 0 spiro atoms. The molecule has 0 atom stereocenters. The number of sulfonamides is 1. The zero-order valence-corrected chi connectivity index (χ0v) is 15.3. The van der Waals surface area contributed by atoms with Crippen molar-refractivity contribution in [3.05, 3.63) is 45.7 Å². The van der Waals surface area contributed by atoms with Crippen LogP contribution in [0.4, 0.5) is 5.69 Å². The molecular formula is C14H15BrN2O3S2. The first-order chi connectivity index (χ1) is 10.3. The molecule has 0 saturated heterocycles. The standard InChI is InChI=1S/C14H15BrN2O3S2/c1-10-8-11(15)5-6-12(10)16-13(18)9-17(2)22(19,20)14-4-3-7-21-14/h3-8H,9H2,1-2H3,(H,16,18). The van der Waals surface area contributed by atoms with Gasteiger partial charge in [0, 0.05) is 17.2 Å². The Morgan fingerprint density at radius 1 is 1.36 bits per heavy atom. The number of carbonyl (C=O) groups excluding carboxylic acids is 1. The molecule has 0 aliphatic heterocycles. The van der Waals surface area contributed by atoms with Gasteiger partial charge in [0.2, 0.25) is 5.91 Å². The molecule has 22 heavy (non-hydrogen) atoms. The van der Waals surface area contributed by atoms with Gasteiger partial charge < -0.3 is 5.32 Å². The van der Waals surface area contributed by atoms with E-state index in [2.05, 4.69) is 21.2 Å². The highest BCUT2D eigenvalue weighted by molar-refractivity contribution is 9.10. The number of carbonyl (C=O) groups is 1. The number of hydrogen-bond donors (Lipinski definition) is 1. The molecule has 8 heteroatoms. The molecule has 0 unspecified atom stereocenters. The quantitative estimate of drug-likeness (QED) is 0.835. The van der Waals surface area contributed by atoms with E-state index in [0.29, 0.717) is 5.69 Å². The summed E-state index contributed by atoms with van der Waals surface area (Å²) in [6.07, 6.45) is 0. The molecular weight excluding hydrogens is 388 g/mol. The van der Waals surface area contributed by atoms with E-state index in [9.17, 15) is 13.2 Å². The van der Waals surface area contributed by atoms with Crippen LogP contribution in [-0.2, 0) is 14.8 Å². The van der Waals surface area contributed by atoms with Crippen LogP contribution in [-0.4, -0.2) is 32.2 Å². The van der Waals surface area contributed by atoms with Crippen LogP contribution < -0.4 is 5.32 Å². The van der Waals surface area contributed by atoms with E-state index in [4.69, 9.17) is 0 Å². The molecule has 1 aromatic carbocycles. The maximum atomic E-state index is 12.2. The zero-order chi connectivity index (χ0) is 16.3. The fourth-order valence-electron chi connectivity index (χ4n) is 1.81. The lowest BCUT2D eigenvalue weighted by atomic mass is 10.2. The van der Waals surface area contributed by atoms with Crippen LogP contribution in [0.5, 0.6) is 0 Å². The molecule has 1 amide bonds. The number of likely N-dealkylation sites (N-methyl/N-ethyl adjacent to an activating group) is 1. The molecule has 2 rings (SSSR count). The minimum absolute atomic E-state index is 0.225. The van der Waals surface area contributed by atoms with Gasteiger partial charge in [-0.2, -0.15) is 4.31 Å². The molecule has 0 saturated carbocycles. The van der Waals surface area contributed by atoms with Crippen LogP contribution in [0.25, 0.3) is 0 Å². The topological polar surface area (TPSA) is 66.5 Å². The summed E-state index contributed by atoms with van der Waals surface area (Å²) < 4.78 is 26.7. The van der Waals surface area contributed by atoms with Gasteiger partial charge in [-0.15, -0.1) is 11.3 Å². The number of anilines is 1. The second-order valence-corrected chi connectivity index (χ2v) is 8.84. The normalized spacial score (nSPS) is 11.6. The highest BCUT2D eigenvalue weighted by atomic mass is 79.9. The van der Waals surface area contributed by atoms with Crippen LogP contribution >= 0.6 is 27.3 Å². The smallest absolute Gasteiger partial charge is 0.252 e. The minimum Gasteiger partial charge on any atom is -0.325 e. The third-order valence-corrected chi connectivity index (χ3v) is 6.66. The van der Waals surface area contributed by atoms with Crippen molar-refractivity contribution >= 4 is 48.9 Å². The van der Waals surface area contributed by atoms with Crippen LogP contribution in [0.1, 0.15) is 5.56 Å². The van der Waals surface area contributed by atoms with Crippen molar-refractivity contribution in [1.82, 2.24) is 4.31 Å². The molecule has 5 nitrogen and oxygen atoms in total. The molecule has 118 valence electrons. The summed E-state index contributed by atoms with van der Waals surface area (Å²) in [6.45, 7) is 1.63. The van der Waals surface area contributed by atoms with Gasteiger partial charge in [0.05, 0.1) is 6.54 Å². The van der Waals surface area contributed by atoms with Gasteiger partial charge in [-0.25, -0.2) is 8.42 Å². The number of amides is 1. The SMILES string of the molecule is Cc1cc(Br)ccc1NC(=O)CN(C)S(=O)(=O)c1cccs1. The Morgan fingerprint density at radius 3 is 2.68 bits per heavy atom. The van der Waals surface area contributed by atoms with Crippen molar-refractivity contribution in [2.75, 3.05) is 18.9 Å². The largest absolute Gasteiger partial charge is 0.325 e. The van der Waals surface area contributed by atoms with Crippen LogP contribution in [0.2, 0.25) is 0 Å². The van der Waals surface area contributed by atoms with Crippen molar-refractivity contribution in [3.8, 4) is 0 Å². The molecule has 1 N–H and O–H groups in total. The molecule has 1 aromatic heterocycles. The van der Waals surface area contributed by atoms with Gasteiger partial charge in [0.15, 0.2) is 0 Å². The predicted molar refractivity (Wildman–Crippen MR) is 91.6 cm³/mol. The van der Waals surface area contributed by atoms with Crippen LogP contribution in [0.3, 0.4) is 0 Å². The van der Waals surface area contributed by atoms with Crippen molar-refractivity contribution in [1.29, 1.82) is 0 Å². The lowest BCUT2D eigenvalue weighted by Crippen LogP contribution is -2.34. The Hall–Kier alpha value is -1.22. The van der Waals surface area contributed by atoms with Crippen molar-refractivity contribution in [3.63, 3.8) is 0 Å². The lowest BCUT2D eigenvalue weighted by Gasteiger charge is -2.16. The van der Waals surface area contributed by atoms with Gasteiger partial charge in [0.25, 0.3) is 10.0 Å². The summed E-state index contributed by atoms with van der Waals surface area (Å²) in [7, 11) is -2.22. The van der Waals surface area contributed by atoms with E-state index in [0.717, 1.165) is 25.7 Å². The van der Waals surface area contributed by atoms with Gasteiger partial charge in [0.1, 0.15) is 4.21 Å². The predicted octanol–water partition coefficient (Wildman–Crippen LogP) is 3.08. The van der Waals surface area contributed by atoms with E-state index in [1.807, 2.05) is 19.1 Å². The van der Waals surface area contributed by atoms with Gasteiger partial charge in [-0.3, -0.25) is 4.79 Å². The lowest BCUT2D eigenvalue weighted by molar-refractivity contribution is -0.116. The van der Waals surface area contributed by atoms with Gasteiger partial charge in [-0.1, -0.05) is 22.0 Å². The van der Waals surface area contributed by atoms with Crippen LogP contribution in [0, 0.1) is 6.92 Å². The maximum Gasteiger partial charge on any atom is 0.252 e. The highest BCUT2D eigenvalue weighted by Gasteiger charge is 2.23. The minimum atomic E-state index is -3.62. The number of benzene rings is 1. The molecule has 0 radical (unpaired) electrons. The first-order valence-corrected chi connectivity index (χ1v) is 9.48. The molecule has 0 aliphatic carbocycles. The van der Waals surface area contributed by atoms with Gasteiger partial charge >= 0.3 is 0 Å². The number of halogens is 1. The van der Waals surface area contributed by atoms with E-state index in [1.165, 1.54) is 13.1 Å². The fraction of sp³-hybridized carbons (Fsp3) is 0.214. The number of aryl methyl sites for hydroxylation is 1. The van der Waals surface area contributed by atoms with Crippen LogP contribution in [0.15, 0.2) is 44.4 Å². The summed E-state index contributed by atoms with van der Waals surface area (Å²) in [5, 5.41) is 4.41. The average molecular weight is 403 g/mol. The van der Waals surface area contributed by atoms with E-state index >= 15 is 0 Å². The third-order valence-electron chi connectivity index (χ3n) is 2.99. The number of rotatable bonds is 5. The maximum absolute atomic E-state index is 12.2. The molecule has 0 aliphatic rings. The Balaban J connectivity index is 2.06. The summed E-state index contributed by atoms with van der Waals surface area (Å²) in [5.41, 5.74) is 1.56. The Kier molecular flexibility index (Phi) is 5.38. The summed E-state index contributed by atoms with van der Waals surface area (Å²) >= 11 is 4.48. The number of nitrogens with zero attached hydrogens (tertiary/aromatic N) is 1. The summed E-state index contributed by atoms with van der Waals surface area (Å²) in [5.74, 6) is -0.381. The average Bonchev–Trinajstić information content (AvgIpc) is 2.96. The molecule has 1 heterocycles. The second kappa shape index (κ2) is 6.91. The van der Waals surface area contributed by atoms with Gasteiger partial charge in [-0.05, 0) is 42.1 Å². The first-order valence-electron chi connectivity index (χ1n) is 6.36. The van der Waals surface area contributed by atoms with E-state index in [1.54, 1.807) is 17.5 Å². The number of thiophene rings is 1. The van der Waals surface area contributed by atoms with E-state index < -0.39 is 10.0 Å². The molecule has 2 aromatic rings. The fourth-order valence-corrected chi connectivity index (χ4v) is 4.61. The Bertz CT molecular complexity index is 773. The third kappa shape index (κ3) is 3.95.